The third-order valence-electron chi connectivity index (χ3n) is 2.59. The molecule has 1 aromatic carbocycles. The van der Waals surface area contributed by atoms with Gasteiger partial charge in [-0.25, -0.2) is 10.8 Å². The van der Waals surface area contributed by atoms with Gasteiger partial charge < -0.3 is 4.74 Å². The number of rotatable bonds is 3. The number of hydrogen-bond acceptors (Lipinski definition) is 5. The Kier molecular flexibility index (Phi) is 4.01. The van der Waals surface area contributed by atoms with Crippen molar-refractivity contribution in [3.05, 3.63) is 39.5 Å². The standard InChI is InChI=1S/C13H15BrN4O/c1-7-4-10(5-8(2)12(7)14)19-11-6-9(3)16-13(17-11)18-15/h4-6H,15H2,1-3H3,(H,16,17,18). The molecule has 2 rings (SSSR count). The SMILES string of the molecule is Cc1cc(Oc2cc(C)c(Br)c(C)c2)nc(NN)n1. The third-order valence-corrected chi connectivity index (χ3v) is 3.84. The summed E-state index contributed by atoms with van der Waals surface area (Å²) < 4.78 is 6.84. The predicted octanol–water partition coefficient (Wildman–Crippen LogP) is 3.24. The third kappa shape index (κ3) is 3.21. The summed E-state index contributed by atoms with van der Waals surface area (Å²) >= 11 is 3.53. The van der Waals surface area contributed by atoms with E-state index in [2.05, 4.69) is 31.3 Å². The van der Waals surface area contributed by atoms with Crippen LogP contribution in [0.1, 0.15) is 16.8 Å². The molecule has 5 nitrogen and oxygen atoms in total. The first-order valence-corrected chi connectivity index (χ1v) is 6.56. The number of nitrogen functional groups attached to an aromatic ring is 1. The molecule has 0 saturated carbocycles. The van der Waals surface area contributed by atoms with Gasteiger partial charge in [-0.15, -0.1) is 0 Å². The van der Waals surface area contributed by atoms with Gasteiger partial charge >= 0.3 is 0 Å². The van der Waals surface area contributed by atoms with Gasteiger partial charge in [-0.1, -0.05) is 15.9 Å². The first-order chi connectivity index (χ1) is 8.99. The summed E-state index contributed by atoms with van der Waals surface area (Å²) in [6.45, 7) is 5.89. The Hall–Kier alpha value is -1.66. The van der Waals surface area contributed by atoms with Crippen molar-refractivity contribution in [2.24, 2.45) is 5.84 Å². The second-order valence-corrected chi connectivity index (χ2v) is 5.08. The lowest BCUT2D eigenvalue weighted by molar-refractivity contribution is 0.461. The molecule has 0 aliphatic heterocycles. The van der Waals surface area contributed by atoms with Crippen molar-refractivity contribution in [1.82, 2.24) is 9.97 Å². The minimum absolute atomic E-state index is 0.334. The average molecular weight is 323 g/mol. The van der Waals surface area contributed by atoms with E-state index in [0.29, 0.717) is 11.8 Å². The predicted molar refractivity (Wildman–Crippen MR) is 78.3 cm³/mol. The van der Waals surface area contributed by atoms with E-state index in [1.165, 1.54) is 0 Å². The summed E-state index contributed by atoms with van der Waals surface area (Å²) in [6, 6.07) is 5.65. The van der Waals surface area contributed by atoms with Gasteiger partial charge in [0, 0.05) is 16.2 Å². The van der Waals surface area contributed by atoms with E-state index in [4.69, 9.17) is 10.6 Å². The van der Waals surface area contributed by atoms with Crippen LogP contribution in [0.5, 0.6) is 11.6 Å². The topological polar surface area (TPSA) is 73.1 Å². The van der Waals surface area contributed by atoms with Crippen LogP contribution < -0.4 is 16.0 Å². The summed E-state index contributed by atoms with van der Waals surface area (Å²) in [4.78, 5) is 8.26. The van der Waals surface area contributed by atoms with Crippen LogP contribution in [-0.4, -0.2) is 9.97 Å². The summed E-state index contributed by atoms with van der Waals surface area (Å²) in [5.74, 6) is 6.84. The fourth-order valence-electron chi connectivity index (χ4n) is 1.74. The van der Waals surface area contributed by atoms with Crippen molar-refractivity contribution in [2.75, 3.05) is 5.43 Å². The van der Waals surface area contributed by atoms with Crippen LogP contribution in [0, 0.1) is 20.8 Å². The lowest BCUT2D eigenvalue weighted by Gasteiger charge is -2.10. The van der Waals surface area contributed by atoms with Gasteiger partial charge in [0.25, 0.3) is 0 Å². The molecule has 1 aromatic heterocycles. The molecule has 0 saturated heterocycles. The molecule has 0 unspecified atom stereocenters. The van der Waals surface area contributed by atoms with Gasteiger partial charge in [0.1, 0.15) is 5.75 Å². The van der Waals surface area contributed by atoms with E-state index in [9.17, 15) is 0 Å². The molecule has 0 aliphatic rings. The monoisotopic (exact) mass is 322 g/mol. The van der Waals surface area contributed by atoms with E-state index in [-0.39, 0.29) is 0 Å². The van der Waals surface area contributed by atoms with Crippen molar-refractivity contribution >= 4 is 21.9 Å². The molecule has 0 fully saturated rings. The molecule has 6 heteroatoms. The highest BCUT2D eigenvalue weighted by atomic mass is 79.9. The Bertz CT molecular complexity index is 593. The number of benzene rings is 1. The molecule has 1 heterocycles. The molecule has 0 spiro atoms. The van der Waals surface area contributed by atoms with Gasteiger partial charge in [-0.3, -0.25) is 5.43 Å². The van der Waals surface area contributed by atoms with Crippen LogP contribution in [0.2, 0.25) is 0 Å². The molecule has 0 bridgehead atoms. The maximum Gasteiger partial charge on any atom is 0.240 e. The molecule has 0 aliphatic carbocycles. The number of aromatic nitrogens is 2. The smallest absolute Gasteiger partial charge is 0.240 e. The number of nitrogens with zero attached hydrogens (tertiary/aromatic N) is 2. The molecular formula is C13H15BrN4O. The zero-order valence-electron chi connectivity index (χ0n) is 11.0. The number of halogens is 1. The van der Waals surface area contributed by atoms with Crippen molar-refractivity contribution in [3.8, 4) is 11.6 Å². The molecular weight excluding hydrogens is 308 g/mol. The first-order valence-electron chi connectivity index (χ1n) is 5.76. The minimum Gasteiger partial charge on any atom is -0.439 e. The van der Waals surface area contributed by atoms with E-state index >= 15 is 0 Å². The highest BCUT2D eigenvalue weighted by Gasteiger charge is 2.07. The van der Waals surface area contributed by atoms with E-state index in [1.54, 1.807) is 6.07 Å². The van der Waals surface area contributed by atoms with E-state index in [1.807, 2.05) is 32.9 Å². The van der Waals surface area contributed by atoms with Crippen molar-refractivity contribution in [1.29, 1.82) is 0 Å². The number of hydrogen-bond donors (Lipinski definition) is 2. The van der Waals surface area contributed by atoms with Crippen LogP contribution in [0.3, 0.4) is 0 Å². The lowest BCUT2D eigenvalue weighted by atomic mass is 10.1. The van der Waals surface area contributed by atoms with Crippen molar-refractivity contribution < 1.29 is 4.74 Å². The number of hydrazine groups is 1. The minimum atomic E-state index is 0.334. The fraction of sp³-hybridized carbons (Fsp3) is 0.231. The average Bonchev–Trinajstić information content (AvgIpc) is 2.35. The highest BCUT2D eigenvalue weighted by Crippen LogP contribution is 2.29. The van der Waals surface area contributed by atoms with E-state index < -0.39 is 0 Å². The maximum atomic E-state index is 5.75. The normalized spacial score (nSPS) is 10.4. The quantitative estimate of drug-likeness (QED) is 0.670. The number of nitrogens with two attached hydrogens (primary N) is 1. The number of ether oxygens (including phenoxy) is 1. The van der Waals surface area contributed by atoms with E-state index in [0.717, 1.165) is 27.0 Å². The number of nitrogens with one attached hydrogen (secondary N) is 1. The fourth-order valence-corrected chi connectivity index (χ4v) is 1.97. The Balaban J connectivity index is 2.33. The zero-order valence-corrected chi connectivity index (χ0v) is 12.6. The van der Waals surface area contributed by atoms with Crippen molar-refractivity contribution in [2.45, 2.75) is 20.8 Å². The highest BCUT2D eigenvalue weighted by molar-refractivity contribution is 9.10. The van der Waals surface area contributed by atoms with Gasteiger partial charge in [-0.05, 0) is 44.0 Å². The Labute approximate surface area is 120 Å². The first kappa shape index (κ1) is 13.8. The van der Waals surface area contributed by atoms with Crippen LogP contribution >= 0.6 is 15.9 Å². The van der Waals surface area contributed by atoms with Crippen LogP contribution in [0.25, 0.3) is 0 Å². The molecule has 0 atom stereocenters. The van der Waals surface area contributed by atoms with Crippen LogP contribution in [0.15, 0.2) is 22.7 Å². The summed E-state index contributed by atoms with van der Waals surface area (Å²) in [7, 11) is 0. The number of anilines is 1. The number of aryl methyl sites for hydroxylation is 3. The Morgan fingerprint density at radius 2 is 1.74 bits per heavy atom. The van der Waals surface area contributed by atoms with Gasteiger partial charge in [0.05, 0.1) is 0 Å². The zero-order chi connectivity index (χ0) is 14.0. The van der Waals surface area contributed by atoms with Crippen LogP contribution in [-0.2, 0) is 0 Å². The molecule has 2 aromatic rings. The van der Waals surface area contributed by atoms with Gasteiger partial charge in [0.2, 0.25) is 11.8 Å². The summed E-state index contributed by atoms with van der Waals surface area (Å²) in [5, 5.41) is 0. The molecule has 0 radical (unpaired) electrons. The largest absolute Gasteiger partial charge is 0.439 e. The van der Waals surface area contributed by atoms with Gasteiger partial charge in [-0.2, -0.15) is 4.98 Å². The second-order valence-electron chi connectivity index (χ2n) is 4.29. The van der Waals surface area contributed by atoms with Crippen molar-refractivity contribution in [3.63, 3.8) is 0 Å². The Morgan fingerprint density at radius 3 is 2.32 bits per heavy atom. The molecule has 100 valence electrons. The van der Waals surface area contributed by atoms with Crippen LogP contribution in [0.4, 0.5) is 5.95 Å². The second kappa shape index (κ2) is 5.54. The Morgan fingerprint density at radius 1 is 1.11 bits per heavy atom. The lowest BCUT2D eigenvalue weighted by Crippen LogP contribution is -2.11. The van der Waals surface area contributed by atoms with Gasteiger partial charge in [0.15, 0.2) is 0 Å². The molecule has 3 N–H and O–H groups in total. The summed E-state index contributed by atoms with van der Waals surface area (Å²) in [6.07, 6.45) is 0. The molecule has 19 heavy (non-hydrogen) atoms. The maximum absolute atomic E-state index is 5.75. The summed E-state index contributed by atoms with van der Waals surface area (Å²) in [5.41, 5.74) is 5.42. The molecule has 0 amide bonds.